The molecule has 1 aromatic rings. The minimum absolute atomic E-state index is 0.696. The van der Waals surface area contributed by atoms with Crippen LogP contribution in [0.4, 0.5) is 5.69 Å². The highest BCUT2D eigenvalue weighted by Crippen LogP contribution is 2.34. The summed E-state index contributed by atoms with van der Waals surface area (Å²) < 4.78 is 0. The number of hydrogen-bond acceptors (Lipinski definition) is 2. The monoisotopic (exact) mass is 187 g/mol. The topological polar surface area (TPSA) is 29.4 Å². The summed E-state index contributed by atoms with van der Waals surface area (Å²) in [7, 11) is 0. The van der Waals surface area contributed by atoms with E-state index < -0.39 is 0 Å². The van der Waals surface area contributed by atoms with Crippen LogP contribution in [0.2, 0.25) is 0 Å². The van der Waals surface area contributed by atoms with Crippen LogP contribution in [0.1, 0.15) is 37.2 Å². The molecule has 0 amide bonds. The first-order valence-electron chi connectivity index (χ1n) is 5.08. The Kier molecular flexibility index (Phi) is 2.76. The Labute approximate surface area is 83.7 Å². The third kappa shape index (κ3) is 1.91. The molecule has 1 aromatic carbocycles. The summed E-state index contributed by atoms with van der Waals surface area (Å²) >= 11 is 0. The molecule has 1 aliphatic rings. The number of nitrogens with zero attached hydrogens (tertiary/aromatic N) is 1. The fourth-order valence-electron chi connectivity index (χ4n) is 2.13. The number of isocyanates is 1. The summed E-state index contributed by atoms with van der Waals surface area (Å²) in [5.74, 6) is 0.726. The molecule has 14 heavy (non-hydrogen) atoms. The SMILES string of the molecule is O=C=Nc1ccc(C2CCCC2)cc1. The largest absolute Gasteiger partial charge is 0.240 e. The van der Waals surface area contributed by atoms with Crippen molar-refractivity contribution in [1.82, 2.24) is 0 Å². The van der Waals surface area contributed by atoms with Crippen LogP contribution in [0.3, 0.4) is 0 Å². The zero-order valence-corrected chi connectivity index (χ0v) is 8.07. The van der Waals surface area contributed by atoms with Crippen molar-refractivity contribution in [2.24, 2.45) is 4.99 Å². The molecular weight excluding hydrogens is 174 g/mol. The van der Waals surface area contributed by atoms with Gasteiger partial charge in [0.1, 0.15) is 0 Å². The molecule has 0 unspecified atom stereocenters. The molecule has 72 valence electrons. The van der Waals surface area contributed by atoms with Crippen LogP contribution in [-0.4, -0.2) is 6.08 Å². The average Bonchev–Trinajstić information content (AvgIpc) is 2.72. The normalized spacial score (nSPS) is 16.6. The maximum Gasteiger partial charge on any atom is 0.240 e. The molecule has 1 aliphatic carbocycles. The molecule has 1 saturated carbocycles. The number of carbonyl (C=O) groups excluding carboxylic acids is 1. The molecule has 0 aromatic heterocycles. The molecule has 0 atom stereocenters. The van der Waals surface area contributed by atoms with E-state index in [1.165, 1.54) is 31.2 Å². The molecule has 0 bridgehead atoms. The van der Waals surface area contributed by atoms with E-state index >= 15 is 0 Å². The first-order chi connectivity index (χ1) is 6.90. The van der Waals surface area contributed by atoms with Crippen LogP contribution < -0.4 is 0 Å². The van der Waals surface area contributed by atoms with E-state index in [2.05, 4.69) is 17.1 Å². The lowest BCUT2D eigenvalue weighted by Crippen LogP contribution is -1.90. The fourth-order valence-corrected chi connectivity index (χ4v) is 2.13. The van der Waals surface area contributed by atoms with Gasteiger partial charge < -0.3 is 0 Å². The third-order valence-electron chi connectivity index (χ3n) is 2.89. The predicted octanol–water partition coefficient (Wildman–Crippen LogP) is 3.31. The van der Waals surface area contributed by atoms with Gasteiger partial charge in [-0.3, -0.25) is 0 Å². The highest BCUT2D eigenvalue weighted by atomic mass is 16.1. The Morgan fingerprint density at radius 2 is 1.79 bits per heavy atom. The van der Waals surface area contributed by atoms with Gasteiger partial charge in [0.2, 0.25) is 6.08 Å². The second-order valence-electron chi connectivity index (χ2n) is 3.78. The third-order valence-corrected chi connectivity index (χ3v) is 2.89. The molecule has 2 rings (SSSR count). The first kappa shape index (κ1) is 9.17. The number of hydrogen-bond donors (Lipinski definition) is 0. The molecule has 0 aliphatic heterocycles. The predicted molar refractivity (Wildman–Crippen MR) is 55.4 cm³/mol. The highest BCUT2D eigenvalue weighted by molar-refractivity contribution is 5.49. The summed E-state index contributed by atoms with van der Waals surface area (Å²) in [5, 5.41) is 0. The van der Waals surface area contributed by atoms with Crippen molar-refractivity contribution in [3.8, 4) is 0 Å². The minimum atomic E-state index is 0.696. The van der Waals surface area contributed by atoms with E-state index in [1.54, 1.807) is 6.08 Å². The second kappa shape index (κ2) is 4.21. The molecule has 2 heteroatoms. The molecular formula is C12H13NO. The van der Waals surface area contributed by atoms with Crippen molar-refractivity contribution >= 4 is 11.8 Å². The second-order valence-corrected chi connectivity index (χ2v) is 3.78. The van der Waals surface area contributed by atoms with Crippen LogP contribution in [0.15, 0.2) is 29.3 Å². The Balaban J connectivity index is 2.16. The number of aliphatic imine (C=N–C) groups is 1. The standard InChI is InChI=1S/C12H13NO/c14-9-13-12-7-5-11(6-8-12)10-3-1-2-4-10/h5-8,10H,1-4H2. The number of rotatable bonds is 2. The first-order valence-corrected chi connectivity index (χ1v) is 5.08. The van der Waals surface area contributed by atoms with Crippen LogP contribution in [0, 0.1) is 0 Å². The van der Waals surface area contributed by atoms with E-state index in [0.717, 1.165) is 5.92 Å². The van der Waals surface area contributed by atoms with Gasteiger partial charge in [-0.15, -0.1) is 0 Å². The fraction of sp³-hybridized carbons (Fsp3) is 0.417. The summed E-state index contributed by atoms with van der Waals surface area (Å²) in [6.45, 7) is 0. The summed E-state index contributed by atoms with van der Waals surface area (Å²) in [5.41, 5.74) is 2.08. The van der Waals surface area contributed by atoms with Crippen molar-refractivity contribution < 1.29 is 4.79 Å². The lowest BCUT2D eigenvalue weighted by Gasteiger charge is -2.08. The van der Waals surface area contributed by atoms with Crippen LogP contribution in [0.5, 0.6) is 0 Å². The molecule has 2 nitrogen and oxygen atoms in total. The van der Waals surface area contributed by atoms with Crippen LogP contribution >= 0.6 is 0 Å². The van der Waals surface area contributed by atoms with Gasteiger partial charge in [0, 0.05) is 0 Å². The van der Waals surface area contributed by atoms with Crippen LogP contribution in [-0.2, 0) is 4.79 Å². The van der Waals surface area contributed by atoms with Crippen molar-refractivity contribution in [3.05, 3.63) is 29.8 Å². The van der Waals surface area contributed by atoms with E-state index in [0.29, 0.717) is 5.69 Å². The zero-order chi connectivity index (χ0) is 9.80. The lowest BCUT2D eigenvalue weighted by molar-refractivity contribution is 0.565. The quantitative estimate of drug-likeness (QED) is 0.516. The summed E-state index contributed by atoms with van der Waals surface area (Å²) in [6, 6.07) is 7.93. The summed E-state index contributed by atoms with van der Waals surface area (Å²) in [4.78, 5) is 13.6. The van der Waals surface area contributed by atoms with Crippen LogP contribution in [0.25, 0.3) is 0 Å². The molecule has 1 fully saturated rings. The van der Waals surface area contributed by atoms with E-state index in [9.17, 15) is 4.79 Å². The van der Waals surface area contributed by atoms with Crippen molar-refractivity contribution in [2.75, 3.05) is 0 Å². The molecule has 0 saturated heterocycles. The average molecular weight is 187 g/mol. The van der Waals surface area contributed by atoms with Gasteiger partial charge in [-0.2, -0.15) is 4.99 Å². The maximum atomic E-state index is 10.0. The molecule has 0 heterocycles. The van der Waals surface area contributed by atoms with E-state index in [4.69, 9.17) is 0 Å². The highest BCUT2D eigenvalue weighted by Gasteiger charge is 2.16. The zero-order valence-electron chi connectivity index (χ0n) is 8.07. The number of benzene rings is 1. The smallest absolute Gasteiger partial charge is 0.211 e. The van der Waals surface area contributed by atoms with Crippen molar-refractivity contribution in [1.29, 1.82) is 0 Å². The Morgan fingerprint density at radius 1 is 1.14 bits per heavy atom. The Hall–Kier alpha value is -1.40. The molecule has 0 N–H and O–H groups in total. The van der Waals surface area contributed by atoms with Crippen molar-refractivity contribution in [2.45, 2.75) is 31.6 Å². The summed E-state index contributed by atoms with van der Waals surface area (Å²) in [6.07, 6.45) is 6.84. The van der Waals surface area contributed by atoms with Gasteiger partial charge in [0.05, 0.1) is 5.69 Å². The van der Waals surface area contributed by atoms with E-state index in [-0.39, 0.29) is 0 Å². The van der Waals surface area contributed by atoms with Gasteiger partial charge in [0.15, 0.2) is 0 Å². The van der Waals surface area contributed by atoms with Gasteiger partial charge >= 0.3 is 0 Å². The van der Waals surface area contributed by atoms with Gasteiger partial charge in [0.25, 0.3) is 0 Å². The lowest BCUT2D eigenvalue weighted by atomic mass is 9.98. The van der Waals surface area contributed by atoms with E-state index in [1.807, 2.05) is 12.1 Å². The van der Waals surface area contributed by atoms with Crippen molar-refractivity contribution in [3.63, 3.8) is 0 Å². The Bertz CT molecular complexity index is 343. The molecule has 0 spiro atoms. The minimum Gasteiger partial charge on any atom is -0.211 e. The van der Waals surface area contributed by atoms with Gasteiger partial charge in [-0.1, -0.05) is 25.0 Å². The maximum absolute atomic E-state index is 10.0. The van der Waals surface area contributed by atoms with Gasteiger partial charge in [-0.05, 0) is 36.5 Å². The van der Waals surface area contributed by atoms with Gasteiger partial charge in [-0.25, -0.2) is 4.79 Å². The Morgan fingerprint density at radius 3 is 2.36 bits per heavy atom. The molecule has 0 radical (unpaired) electrons.